The van der Waals surface area contributed by atoms with Gasteiger partial charge in [0, 0.05) is 23.1 Å². The summed E-state index contributed by atoms with van der Waals surface area (Å²) in [5.41, 5.74) is -0.527. The number of fused-ring (bicyclic) bond motifs is 2. The summed E-state index contributed by atoms with van der Waals surface area (Å²) in [6.07, 6.45) is 2.74. The molecule has 0 aromatic heterocycles. The lowest BCUT2D eigenvalue weighted by Gasteiger charge is -2.54. The summed E-state index contributed by atoms with van der Waals surface area (Å²) in [5, 5.41) is 11.2. The Bertz CT molecular complexity index is 1120. The third-order valence-corrected chi connectivity index (χ3v) is 7.02. The van der Waals surface area contributed by atoms with Gasteiger partial charge < -0.3 is 24.2 Å². The first-order valence-corrected chi connectivity index (χ1v) is 10.1. The number of methoxy groups -OCH3 is 2. The molecular formula is C23H23NO7. The number of allylic oxidation sites excluding steroid dienone is 2. The number of phenols is 1. The van der Waals surface area contributed by atoms with E-state index in [-0.39, 0.29) is 28.9 Å². The van der Waals surface area contributed by atoms with Crippen LogP contribution in [0.4, 0.5) is 0 Å². The summed E-state index contributed by atoms with van der Waals surface area (Å²) >= 11 is 0. The van der Waals surface area contributed by atoms with E-state index < -0.39 is 28.9 Å². The number of aromatic hydroxyl groups is 1. The maximum absolute atomic E-state index is 13.3. The van der Waals surface area contributed by atoms with Gasteiger partial charge in [-0.15, -0.1) is 0 Å². The highest BCUT2D eigenvalue weighted by Gasteiger charge is 2.61. The minimum atomic E-state index is -1.36. The second-order valence-electron chi connectivity index (χ2n) is 8.87. The quantitative estimate of drug-likeness (QED) is 0.570. The van der Waals surface area contributed by atoms with Crippen LogP contribution in [0.5, 0.6) is 11.5 Å². The van der Waals surface area contributed by atoms with Gasteiger partial charge in [-0.1, -0.05) is 6.07 Å². The van der Waals surface area contributed by atoms with Crippen LogP contribution in [0.2, 0.25) is 0 Å². The molecule has 2 aliphatic heterocycles. The van der Waals surface area contributed by atoms with E-state index in [4.69, 9.17) is 14.2 Å². The zero-order valence-corrected chi connectivity index (χ0v) is 17.7. The van der Waals surface area contributed by atoms with E-state index in [9.17, 15) is 19.5 Å². The number of ether oxygens (including phenoxy) is 3. The molecule has 2 bridgehead atoms. The maximum atomic E-state index is 13.3. The first-order valence-electron chi connectivity index (χ1n) is 10.1. The fraction of sp³-hybridized carbons (Fsp3) is 0.435. The second kappa shape index (κ2) is 6.12. The Morgan fingerprint density at radius 3 is 2.58 bits per heavy atom. The number of carbonyl (C=O) groups excluding carboxylic acids is 3. The van der Waals surface area contributed by atoms with Gasteiger partial charge in [0.05, 0.1) is 20.3 Å². The molecule has 2 saturated heterocycles. The van der Waals surface area contributed by atoms with Crippen molar-refractivity contribution in [3.8, 4) is 11.5 Å². The average Bonchev–Trinajstić information content (AvgIpc) is 2.82. The van der Waals surface area contributed by atoms with E-state index >= 15 is 0 Å². The standard InChI is InChI=1S/C23H23NO7/c1-22(2)20(27)24-8-7-23-10-15(30-4)13(25)9-12(23)17(24)19(31-21(22)28)11-5-6-14(29-3)18(26)16(11)23/h5-6,9-10,17,19,26H,7-8H2,1-4H3/t17-,19?,23-/m0/s1. The minimum Gasteiger partial charge on any atom is -0.504 e. The molecule has 0 spiro atoms. The molecule has 1 unspecified atom stereocenters. The molecule has 0 saturated carbocycles. The summed E-state index contributed by atoms with van der Waals surface area (Å²) in [6, 6.07) is 2.71. The van der Waals surface area contributed by atoms with Crippen LogP contribution in [0.15, 0.2) is 35.6 Å². The van der Waals surface area contributed by atoms with Crippen molar-refractivity contribution in [1.82, 2.24) is 4.90 Å². The molecule has 8 nitrogen and oxygen atoms in total. The fourth-order valence-corrected chi connectivity index (χ4v) is 5.41. The van der Waals surface area contributed by atoms with Crippen LogP contribution in [-0.2, 0) is 29.3 Å². The largest absolute Gasteiger partial charge is 0.504 e. The molecule has 1 aromatic rings. The molecule has 3 atom stereocenters. The topological polar surface area (TPSA) is 102 Å². The van der Waals surface area contributed by atoms with Gasteiger partial charge in [0.1, 0.15) is 5.41 Å². The van der Waals surface area contributed by atoms with Crippen molar-refractivity contribution in [1.29, 1.82) is 0 Å². The molecule has 31 heavy (non-hydrogen) atoms. The molecule has 1 amide bonds. The number of esters is 1. The molecule has 2 heterocycles. The Morgan fingerprint density at radius 2 is 1.90 bits per heavy atom. The van der Waals surface area contributed by atoms with E-state index in [2.05, 4.69) is 0 Å². The van der Waals surface area contributed by atoms with Crippen molar-refractivity contribution in [3.63, 3.8) is 0 Å². The molecular weight excluding hydrogens is 402 g/mol. The molecule has 0 radical (unpaired) electrons. The van der Waals surface area contributed by atoms with Crippen molar-refractivity contribution in [2.45, 2.75) is 37.8 Å². The minimum absolute atomic E-state index is 0.0789. The first-order chi connectivity index (χ1) is 14.7. The zero-order chi connectivity index (χ0) is 22.3. The third kappa shape index (κ3) is 2.27. The monoisotopic (exact) mass is 425 g/mol. The normalized spacial score (nSPS) is 30.3. The zero-order valence-electron chi connectivity index (χ0n) is 17.7. The van der Waals surface area contributed by atoms with Crippen LogP contribution < -0.4 is 4.74 Å². The van der Waals surface area contributed by atoms with Crippen LogP contribution in [0.25, 0.3) is 0 Å². The number of ketones is 1. The highest BCUT2D eigenvalue weighted by molar-refractivity contribution is 6.07. The molecule has 162 valence electrons. The number of carbonyl (C=O) groups is 3. The van der Waals surface area contributed by atoms with Gasteiger partial charge in [-0.3, -0.25) is 14.4 Å². The lowest BCUT2D eigenvalue weighted by atomic mass is 9.57. The SMILES string of the molecule is COC1=C[C@]23CCN4C(=O)C(C)(C)C(=O)OC(c5ccc(OC)c(O)c52)[C@@H]4C3=CC1=O. The average molecular weight is 425 g/mol. The number of rotatable bonds is 2. The van der Waals surface area contributed by atoms with E-state index in [1.54, 1.807) is 37.0 Å². The number of benzene rings is 1. The number of amides is 1. The Hall–Kier alpha value is -3.29. The van der Waals surface area contributed by atoms with E-state index in [0.29, 0.717) is 29.7 Å². The van der Waals surface area contributed by atoms with Crippen molar-refractivity contribution in [2.24, 2.45) is 5.41 Å². The van der Waals surface area contributed by atoms with E-state index in [0.717, 1.165) is 0 Å². The van der Waals surface area contributed by atoms with E-state index in [1.165, 1.54) is 20.3 Å². The summed E-state index contributed by atoms with van der Waals surface area (Å²) in [7, 11) is 2.88. The van der Waals surface area contributed by atoms with Crippen LogP contribution in [0.1, 0.15) is 37.5 Å². The van der Waals surface area contributed by atoms with Gasteiger partial charge in [-0.05, 0) is 44.1 Å². The number of phenolic OH excluding ortho intramolecular Hbond substituents is 1. The Morgan fingerprint density at radius 1 is 1.16 bits per heavy atom. The summed E-state index contributed by atoms with van der Waals surface area (Å²) in [4.78, 5) is 40.7. The lowest BCUT2D eigenvalue weighted by molar-refractivity contribution is -0.161. The molecule has 5 rings (SSSR count). The smallest absolute Gasteiger partial charge is 0.321 e. The van der Waals surface area contributed by atoms with Crippen molar-refractivity contribution >= 4 is 17.7 Å². The van der Waals surface area contributed by atoms with Gasteiger partial charge in [0.2, 0.25) is 11.7 Å². The van der Waals surface area contributed by atoms with Crippen LogP contribution in [-0.4, -0.2) is 54.5 Å². The van der Waals surface area contributed by atoms with Crippen LogP contribution in [0.3, 0.4) is 0 Å². The van der Waals surface area contributed by atoms with Gasteiger partial charge in [0.15, 0.2) is 23.4 Å². The first kappa shape index (κ1) is 19.7. The predicted molar refractivity (Wildman–Crippen MR) is 107 cm³/mol. The van der Waals surface area contributed by atoms with E-state index in [1.807, 2.05) is 0 Å². The maximum Gasteiger partial charge on any atom is 0.321 e. The van der Waals surface area contributed by atoms with Gasteiger partial charge >= 0.3 is 5.97 Å². The number of hydrogen-bond donors (Lipinski definition) is 1. The number of nitrogens with zero attached hydrogens (tertiary/aromatic N) is 1. The highest BCUT2D eigenvalue weighted by Crippen LogP contribution is 2.60. The Labute approximate surface area is 179 Å². The summed E-state index contributed by atoms with van der Waals surface area (Å²) < 4.78 is 16.6. The molecule has 1 aromatic carbocycles. The fourth-order valence-electron chi connectivity index (χ4n) is 5.41. The van der Waals surface area contributed by atoms with Gasteiger partial charge in [0.25, 0.3) is 0 Å². The molecule has 4 aliphatic rings. The van der Waals surface area contributed by atoms with Crippen LogP contribution >= 0.6 is 0 Å². The Kier molecular flexibility index (Phi) is 3.88. The van der Waals surface area contributed by atoms with Crippen molar-refractivity contribution in [2.75, 3.05) is 20.8 Å². The molecule has 8 heteroatoms. The van der Waals surface area contributed by atoms with Crippen LogP contribution in [0, 0.1) is 5.41 Å². The summed E-state index contributed by atoms with van der Waals surface area (Å²) in [5.74, 6) is -0.946. The molecule has 2 fully saturated rings. The third-order valence-electron chi connectivity index (χ3n) is 7.02. The van der Waals surface area contributed by atoms with Crippen molar-refractivity contribution < 1.29 is 33.7 Å². The summed E-state index contributed by atoms with van der Waals surface area (Å²) in [6.45, 7) is 3.42. The Balaban J connectivity index is 1.87. The van der Waals surface area contributed by atoms with Crippen molar-refractivity contribution in [3.05, 3.63) is 46.7 Å². The second-order valence-corrected chi connectivity index (χ2v) is 8.87. The highest BCUT2D eigenvalue weighted by atomic mass is 16.5. The van der Waals surface area contributed by atoms with Gasteiger partial charge in [-0.25, -0.2) is 0 Å². The molecule has 1 N–H and O–H groups in total. The lowest BCUT2D eigenvalue weighted by Crippen LogP contribution is -2.59. The predicted octanol–water partition coefficient (Wildman–Crippen LogP) is 1.92. The number of piperidine rings is 1. The molecule has 2 aliphatic carbocycles. The van der Waals surface area contributed by atoms with Gasteiger partial charge in [-0.2, -0.15) is 0 Å². The number of hydrogen-bond acceptors (Lipinski definition) is 7.